The largest absolute Gasteiger partial charge is 0.497 e. The lowest BCUT2D eigenvalue weighted by Crippen LogP contribution is -2.27. The molecule has 1 fully saturated rings. The molecule has 1 N–H and O–H groups in total. The smallest absolute Gasteiger partial charge is 0.125 e. The Morgan fingerprint density at radius 3 is 2.62 bits per heavy atom. The minimum atomic E-state index is -0.704. The highest BCUT2D eigenvalue weighted by molar-refractivity contribution is 5.41. The first-order valence-corrected chi connectivity index (χ1v) is 7.67. The van der Waals surface area contributed by atoms with Gasteiger partial charge in [-0.15, -0.1) is 0 Å². The molecule has 0 radical (unpaired) electrons. The van der Waals surface area contributed by atoms with E-state index in [4.69, 9.17) is 14.2 Å². The Bertz CT molecular complexity index is 446. The summed E-state index contributed by atoms with van der Waals surface area (Å²) in [5.41, 5.74) is 0.709. The highest BCUT2D eigenvalue weighted by atomic mass is 16.5. The van der Waals surface area contributed by atoms with Crippen molar-refractivity contribution >= 4 is 0 Å². The molecule has 21 heavy (non-hydrogen) atoms. The molecule has 0 aromatic heterocycles. The first-order chi connectivity index (χ1) is 10.2. The van der Waals surface area contributed by atoms with E-state index >= 15 is 0 Å². The summed E-state index contributed by atoms with van der Waals surface area (Å²) in [4.78, 5) is 0. The van der Waals surface area contributed by atoms with E-state index in [2.05, 4.69) is 6.92 Å². The van der Waals surface area contributed by atoms with Gasteiger partial charge in [-0.3, -0.25) is 0 Å². The molecule has 1 aromatic rings. The Labute approximate surface area is 127 Å². The number of ether oxygens (including phenoxy) is 3. The minimum absolute atomic E-state index is 0.255. The maximum absolute atomic E-state index is 10.4. The molecule has 1 aliphatic rings. The number of aliphatic hydroxyl groups excluding tert-OH is 1. The van der Waals surface area contributed by atoms with E-state index in [1.54, 1.807) is 26.4 Å². The van der Waals surface area contributed by atoms with Crippen LogP contribution in [0.3, 0.4) is 0 Å². The van der Waals surface area contributed by atoms with Gasteiger partial charge < -0.3 is 19.3 Å². The van der Waals surface area contributed by atoms with Crippen molar-refractivity contribution in [2.24, 2.45) is 5.92 Å². The Morgan fingerprint density at radius 1 is 1.19 bits per heavy atom. The molecule has 2 rings (SSSR count). The average molecular weight is 294 g/mol. The molecule has 3 unspecified atom stereocenters. The van der Waals surface area contributed by atoms with Gasteiger partial charge in [0.2, 0.25) is 0 Å². The van der Waals surface area contributed by atoms with E-state index in [0.717, 1.165) is 6.42 Å². The van der Waals surface area contributed by atoms with Gasteiger partial charge in [0.1, 0.15) is 17.6 Å². The predicted molar refractivity (Wildman–Crippen MR) is 81.9 cm³/mol. The fourth-order valence-electron chi connectivity index (χ4n) is 2.93. The van der Waals surface area contributed by atoms with Gasteiger partial charge in [0, 0.05) is 5.56 Å². The van der Waals surface area contributed by atoms with Crippen LogP contribution >= 0.6 is 0 Å². The van der Waals surface area contributed by atoms with Crippen molar-refractivity contribution in [3.8, 4) is 11.5 Å². The van der Waals surface area contributed by atoms with E-state index in [1.165, 1.54) is 19.3 Å². The third-order valence-corrected chi connectivity index (χ3v) is 4.30. The van der Waals surface area contributed by atoms with Gasteiger partial charge in [-0.2, -0.15) is 0 Å². The summed E-state index contributed by atoms with van der Waals surface area (Å²) in [6.45, 7) is 2.51. The topological polar surface area (TPSA) is 47.9 Å². The van der Waals surface area contributed by atoms with E-state index in [9.17, 15) is 5.11 Å². The van der Waals surface area contributed by atoms with Crippen LogP contribution in [-0.2, 0) is 4.74 Å². The fourth-order valence-corrected chi connectivity index (χ4v) is 2.93. The van der Waals surface area contributed by atoms with Crippen LogP contribution in [0.4, 0.5) is 0 Å². The molecule has 1 aromatic carbocycles. The van der Waals surface area contributed by atoms with Crippen molar-refractivity contribution in [3.05, 3.63) is 23.8 Å². The zero-order chi connectivity index (χ0) is 15.2. The Morgan fingerprint density at radius 2 is 1.95 bits per heavy atom. The van der Waals surface area contributed by atoms with Crippen LogP contribution in [0.5, 0.6) is 11.5 Å². The summed E-state index contributed by atoms with van der Waals surface area (Å²) in [6, 6.07) is 5.43. The van der Waals surface area contributed by atoms with Gasteiger partial charge in [0.15, 0.2) is 0 Å². The molecule has 0 saturated heterocycles. The van der Waals surface area contributed by atoms with Crippen LogP contribution < -0.4 is 9.47 Å². The van der Waals surface area contributed by atoms with Gasteiger partial charge in [0.05, 0.1) is 26.9 Å². The third-order valence-electron chi connectivity index (χ3n) is 4.30. The zero-order valence-electron chi connectivity index (χ0n) is 13.2. The number of hydrogen-bond acceptors (Lipinski definition) is 4. The standard InChI is InChI=1S/C17H26O4/c1-12-6-4-5-7-16(12)21-11-15(18)14-10-13(19-2)8-9-17(14)20-3/h8-10,12,15-16,18H,4-7,11H2,1-3H3. The Kier molecular flexibility index (Phi) is 5.88. The van der Waals surface area contributed by atoms with Crippen molar-refractivity contribution in [2.45, 2.75) is 44.8 Å². The van der Waals surface area contributed by atoms with Crippen LogP contribution in [0.2, 0.25) is 0 Å². The zero-order valence-corrected chi connectivity index (χ0v) is 13.2. The second kappa shape index (κ2) is 7.66. The normalized spacial score (nSPS) is 23.6. The number of methoxy groups -OCH3 is 2. The van der Waals surface area contributed by atoms with Gasteiger partial charge in [-0.1, -0.05) is 19.8 Å². The highest BCUT2D eigenvalue weighted by Gasteiger charge is 2.24. The lowest BCUT2D eigenvalue weighted by Gasteiger charge is -2.29. The number of rotatable bonds is 6. The molecule has 0 bridgehead atoms. The van der Waals surface area contributed by atoms with Crippen molar-refractivity contribution in [1.29, 1.82) is 0 Å². The average Bonchev–Trinajstić information content (AvgIpc) is 2.53. The summed E-state index contributed by atoms with van der Waals surface area (Å²) >= 11 is 0. The fraction of sp³-hybridized carbons (Fsp3) is 0.647. The minimum Gasteiger partial charge on any atom is -0.497 e. The molecule has 0 spiro atoms. The summed E-state index contributed by atoms with van der Waals surface area (Å²) in [5, 5.41) is 10.4. The van der Waals surface area contributed by atoms with Gasteiger partial charge >= 0.3 is 0 Å². The maximum Gasteiger partial charge on any atom is 0.125 e. The lowest BCUT2D eigenvalue weighted by atomic mass is 9.88. The van der Waals surface area contributed by atoms with Crippen LogP contribution in [0, 0.1) is 5.92 Å². The molecule has 1 saturated carbocycles. The Hall–Kier alpha value is -1.26. The second-order valence-corrected chi connectivity index (χ2v) is 5.76. The molecule has 1 aliphatic carbocycles. The van der Waals surface area contributed by atoms with Crippen LogP contribution in [0.25, 0.3) is 0 Å². The molecular weight excluding hydrogens is 268 g/mol. The lowest BCUT2D eigenvalue weighted by molar-refractivity contribution is -0.0472. The summed E-state index contributed by atoms with van der Waals surface area (Å²) < 4.78 is 16.5. The first kappa shape index (κ1) is 16.1. The molecule has 0 amide bonds. The third kappa shape index (κ3) is 4.11. The molecule has 0 heterocycles. The van der Waals surface area contributed by atoms with Gasteiger partial charge in [-0.05, 0) is 37.0 Å². The maximum atomic E-state index is 10.4. The summed E-state index contributed by atoms with van der Waals surface area (Å²) in [5.74, 6) is 1.93. The van der Waals surface area contributed by atoms with Crippen molar-refractivity contribution in [1.82, 2.24) is 0 Å². The van der Waals surface area contributed by atoms with E-state index in [0.29, 0.717) is 29.6 Å². The predicted octanol–water partition coefficient (Wildman–Crippen LogP) is 3.33. The van der Waals surface area contributed by atoms with Crippen LogP contribution in [0.15, 0.2) is 18.2 Å². The molecule has 4 heteroatoms. The Balaban J connectivity index is 2.00. The summed E-state index contributed by atoms with van der Waals surface area (Å²) in [7, 11) is 3.21. The first-order valence-electron chi connectivity index (χ1n) is 7.67. The SMILES string of the molecule is COc1ccc(OC)c(C(O)COC2CCCCC2C)c1. The van der Waals surface area contributed by atoms with E-state index in [1.807, 2.05) is 6.07 Å². The van der Waals surface area contributed by atoms with Gasteiger partial charge in [-0.25, -0.2) is 0 Å². The van der Waals surface area contributed by atoms with Gasteiger partial charge in [0.25, 0.3) is 0 Å². The van der Waals surface area contributed by atoms with E-state index < -0.39 is 6.10 Å². The van der Waals surface area contributed by atoms with Crippen molar-refractivity contribution in [2.75, 3.05) is 20.8 Å². The summed E-state index contributed by atoms with van der Waals surface area (Å²) in [6.07, 6.45) is 4.35. The number of hydrogen-bond donors (Lipinski definition) is 1. The monoisotopic (exact) mass is 294 g/mol. The highest BCUT2D eigenvalue weighted by Crippen LogP contribution is 2.31. The molecule has 3 atom stereocenters. The molecular formula is C17H26O4. The van der Waals surface area contributed by atoms with Crippen molar-refractivity contribution in [3.63, 3.8) is 0 Å². The molecule has 4 nitrogen and oxygen atoms in total. The molecule has 0 aliphatic heterocycles. The second-order valence-electron chi connectivity index (χ2n) is 5.76. The van der Waals surface area contributed by atoms with Crippen LogP contribution in [-0.4, -0.2) is 32.0 Å². The van der Waals surface area contributed by atoms with Crippen LogP contribution in [0.1, 0.15) is 44.3 Å². The molecule has 118 valence electrons. The van der Waals surface area contributed by atoms with Crippen molar-refractivity contribution < 1.29 is 19.3 Å². The number of benzene rings is 1. The number of aliphatic hydroxyl groups is 1. The van der Waals surface area contributed by atoms with E-state index in [-0.39, 0.29) is 6.10 Å². The quantitative estimate of drug-likeness (QED) is 0.874.